The molecule has 1 amide bonds. The second kappa shape index (κ2) is 9.01. The van der Waals surface area contributed by atoms with Crippen LogP contribution in [0.2, 0.25) is 10.0 Å². The number of thiophene rings is 1. The highest BCUT2D eigenvalue weighted by Gasteiger charge is 2.24. The molecular formula is C18H21Cl2N2O2S+. The number of carbonyl (C=O) groups is 1. The summed E-state index contributed by atoms with van der Waals surface area (Å²) in [6, 6.07) is 9.21. The quantitative estimate of drug-likeness (QED) is 0.750. The van der Waals surface area contributed by atoms with Crippen LogP contribution in [-0.4, -0.2) is 31.7 Å². The van der Waals surface area contributed by atoms with Crippen molar-refractivity contribution in [3.63, 3.8) is 0 Å². The molecule has 3 rings (SSSR count). The Labute approximate surface area is 161 Å². The van der Waals surface area contributed by atoms with Gasteiger partial charge in [-0.05, 0) is 42.5 Å². The summed E-state index contributed by atoms with van der Waals surface area (Å²) >= 11 is 13.8. The predicted molar refractivity (Wildman–Crippen MR) is 103 cm³/mol. The number of rotatable bonds is 7. The van der Waals surface area contributed by atoms with Gasteiger partial charge >= 0.3 is 0 Å². The van der Waals surface area contributed by atoms with Crippen LogP contribution in [0.5, 0.6) is 0 Å². The van der Waals surface area contributed by atoms with E-state index in [0.717, 1.165) is 32.5 Å². The summed E-state index contributed by atoms with van der Waals surface area (Å²) < 4.78 is 5.75. The van der Waals surface area contributed by atoms with Gasteiger partial charge in [0, 0.05) is 11.6 Å². The normalized spacial score (nSPS) is 18.2. The summed E-state index contributed by atoms with van der Waals surface area (Å²) in [6.45, 7) is 2.85. The van der Waals surface area contributed by atoms with Crippen LogP contribution < -0.4 is 10.2 Å². The molecular weight excluding hydrogens is 379 g/mol. The van der Waals surface area contributed by atoms with Crippen LogP contribution in [0.4, 0.5) is 5.69 Å². The molecule has 1 aromatic heterocycles. The van der Waals surface area contributed by atoms with Crippen molar-refractivity contribution in [2.24, 2.45) is 0 Å². The van der Waals surface area contributed by atoms with Crippen molar-refractivity contribution in [3.8, 4) is 0 Å². The van der Waals surface area contributed by atoms with E-state index >= 15 is 0 Å². The zero-order valence-electron chi connectivity index (χ0n) is 13.8. The van der Waals surface area contributed by atoms with E-state index in [0.29, 0.717) is 22.3 Å². The summed E-state index contributed by atoms with van der Waals surface area (Å²) in [6.07, 6.45) is 2.41. The van der Waals surface area contributed by atoms with Crippen molar-refractivity contribution in [1.82, 2.24) is 0 Å². The third-order valence-electron chi connectivity index (χ3n) is 4.16. The zero-order valence-corrected chi connectivity index (χ0v) is 16.1. The highest BCUT2D eigenvalue weighted by molar-refractivity contribution is 7.09. The van der Waals surface area contributed by atoms with Gasteiger partial charge in [-0.2, -0.15) is 0 Å². The van der Waals surface area contributed by atoms with Gasteiger partial charge in [-0.25, -0.2) is 0 Å². The molecule has 1 saturated heterocycles. The molecule has 7 heteroatoms. The lowest BCUT2D eigenvalue weighted by Gasteiger charge is -2.21. The zero-order chi connectivity index (χ0) is 17.6. The van der Waals surface area contributed by atoms with Crippen molar-refractivity contribution >= 4 is 46.1 Å². The number of benzene rings is 1. The Morgan fingerprint density at radius 3 is 2.92 bits per heavy atom. The second-order valence-corrected chi connectivity index (χ2v) is 8.07. The van der Waals surface area contributed by atoms with Gasteiger partial charge in [-0.15, -0.1) is 11.3 Å². The number of nitrogens with one attached hydrogen (secondary N) is 2. The molecule has 4 nitrogen and oxygen atoms in total. The highest BCUT2D eigenvalue weighted by Crippen LogP contribution is 2.25. The van der Waals surface area contributed by atoms with Crippen molar-refractivity contribution in [2.75, 3.05) is 25.0 Å². The summed E-state index contributed by atoms with van der Waals surface area (Å²) in [4.78, 5) is 15.0. The van der Waals surface area contributed by atoms with E-state index in [2.05, 4.69) is 16.8 Å². The lowest BCUT2D eigenvalue weighted by Crippen LogP contribution is -3.12. The molecule has 1 fully saturated rings. The average Bonchev–Trinajstić information content (AvgIpc) is 3.24. The number of ether oxygens (including phenoxy) is 1. The molecule has 2 N–H and O–H groups in total. The average molecular weight is 400 g/mol. The SMILES string of the molecule is O=C(C[NH+](Cc1cccs1)C[C@H]1CCCO1)Nc1ccc(Cl)cc1Cl. The van der Waals surface area contributed by atoms with Crippen molar-refractivity contribution in [2.45, 2.75) is 25.5 Å². The first-order valence-corrected chi connectivity index (χ1v) is 9.96. The van der Waals surface area contributed by atoms with Crippen molar-refractivity contribution in [3.05, 3.63) is 50.6 Å². The largest absolute Gasteiger partial charge is 0.372 e. The van der Waals surface area contributed by atoms with E-state index in [1.807, 2.05) is 6.07 Å². The van der Waals surface area contributed by atoms with Crippen molar-refractivity contribution < 1.29 is 14.4 Å². The maximum Gasteiger partial charge on any atom is 0.279 e. The molecule has 0 saturated carbocycles. The molecule has 1 aliphatic rings. The Bertz CT molecular complexity index is 703. The monoisotopic (exact) mass is 399 g/mol. The third-order valence-corrected chi connectivity index (χ3v) is 5.58. The van der Waals surface area contributed by atoms with Gasteiger partial charge in [0.15, 0.2) is 6.54 Å². The van der Waals surface area contributed by atoms with E-state index in [1.54, 1.807) is 29.5 Å². The van der Waals surface area contributed by atoms with E-state index in [9.17, 15) is 4.79 Å². The molecule has 2 aromatic rings. The van der Waals surface area contributed by atoms with Gasteiger partial charge in [0.05, 0.1) is 15.6 Å². The molecule has 2 atom stereocenters. The minimum absolute atomic E-state index is 0.0613. The standard InChI is InChI=1S/C18H20Cl2N2O2S/c19-13-5-6-17(16(20)9-13)21-18(23)12-22(10-14-3-1-7-24-14)11-15-4-2-8-25-15/h2,4-6,8-9,14H,1,3,7,10-12H2,(H,21,23)/p+1/t14-/m1/s1. The van der Waals surface area contributed by atoms with Gasteiger partial charge in [-0.3, -0.25) is 4.79 Å². The molecule has 25 heavy (non-hydrogen) atoms. The molecule has 1 aromatic carbocycles. The van der Waals surface area contributed by atoms with E-state index < -0.39 is 0 Å². The van der Waals surface area contributed by atoms with Crippen LogP contribution in [0, 0.1) is 0 Å². The van der Waals surface area contributed by atoms with E-state index in [-0.39, 0.29) is 12.0 Å². The number of anilines is 1. The Morgan fingerprint density at radius 1 is 1.36 bits per heavy atom. The highest BCUT2D eigenvalue weighted by atomic mass is 35.5. The van der Waals surface area contributed by atoms with Crippen LogP contribution in [0.1, 0.15) is 17.7 Å². The van der Waals surface area contributed by atoms with E-state index in [1.165, 1.54) is 9.78 Å². The predicted octanol–water partition coefficient (Wildman–Crippen LogP) is 3.26. The molecule has 0 bridgehead atoms. The number of hydrogen-bond acceptors (Lipinski definition) is 3. The topological polar surface area (TPSA) is 42.8 Å². The first-order valence-electron chi connectivity index (χ1n) is 8.32. The minimum Gasteiger partial charge on any atom is -0.372 e. The summed E-state index contributed by atoms with van der Waals surface area (Å²) in [5.41, 5.74) is 0.587. The molecule has 1 unspecified atom stereocenters. The third kappa shape index (κ3) is 5.69. The maximum absolute atomic E-state index is 12.5. The van der Waals surface area contributed by atoms with Gasteiger partial charge in [0.25, 0.3) is 5.91 Å². The number of hydrogen-bond donors (Lipinski definition) is 2. The smallest absolute Gasteiger partial charge is 0.279 e. The second-order valence-electron chi connectivity index (χ2n) is 6.19. The van der Waals surface area contributed by atoms with Gasteiger partial charge in [0.2, 0.25) is 0 Å². The first-order chi connectivity index (χ1) is 12.1. The fourth-order valence-corrected chi connectivity index (χ4v) is 4.24. The molecule has 0 radical (unpaired) electrons. The van der Waals surface area contributed by atoms with Crippen LogP contribution in [0.25, 0.3) is 0 Å². The molecule has 0 aliphatic carbocycles. The van der Waals surface area contributed by atoms with Crippen LogP contribution >= 0.6 is 34.5 Å². The van der Waals surface area contributed by atoms with E-state index in [4.69, 9.17) is 27.9 Å². The lowest BCUT2D eigenvalue weighted by molar-refractivity contribution is -0.908. The molecule has 0 spiro atoms. The van der Waals surface area contributed by atoms with Crippen LogP contribution in [-0.2, 0) is 16.1 Å². The Morgan fingerprint density at radius 2 is 2.24 bits per heavy atom. The Balaban J connectivity index is 1.62. The minimum atomic E-state index is -0.0613. The summed E-state index contributed by atoms with van der Waals surface area (Å²) in [5.74, 6) is -0.0613. The fraction of sp³-hybridized carbons (Fsp3) is 0.389. The first kappa shape index (κ1) is 18.7. The Hall–Kier alpha value is -1.11. The number of amides is 1. The summed E-state index contributed by atoms with van der Waals surface area (Å²) in [7, 11) is 0. The fourth-order valence-electron chi connectivity index (χ4n) is 3.01. The molecule has 1 aliphatic heterocycles. The molecule has 2 heterocycles. The number of halogens is 2. The van der Waals surface area contributed by atoms with Crippen LogP contribution in [0.3, 0.4) is 0 Å². The summed E-state index contributed by atoms with van der Waals surface area (Å²) in [5, 5.41) is 5.94. The molecule has 134 valence electrons. The maximum atomic E-state index is 12.5. The number of carbonyl (C=O) groups excluding carboxylic acids is 1. The van der Waals surface area contributed by atoms with Crippen molar-refractivity contribution in [1.29, 1.82) is 0 Å². The number of quaternary nitrogens is 1. The van der Waals surface area contributed by atoms with Gasteiger partial charge < -0.3 is 15.0 Å². The van der Waals surface area contributed by atoms with Crippen LogP contribution in [0.15, 0.2) is 35.7 Å². The van der Waals surface area contributed by atoms with Gasteiger partial charge in [0.1, 0.15) is 19.2 Å². The van der Waals surface area contributed by atoms with Gasteiger partial charge in [-0.1, -0.05) is 29.3 Å². The lowest BCUT2D eigenvalue weighted by atomic mass is 10.2. The Kier molecular flexibility index (Phi) is 6.73.